The van der Waals surface area contributed by atoms with Crippen LogP contribution in [0, 0.1) is 0 Å². The standard InChI is InChI=1S/C20H16BNO2/c23-21-20-14-15-13-18(11-12-19(15)24-20)22(16-7-3-1-4-8-16)17-9-5-2-6-10-17/h1-14,21,23H. The zero-order chi connectivity index (χ0) is 16.4. The summed E-state index contributed by atoms with van der Waals surface area (Å²) >= 11 is 0. The minimum Gasteiger partial charge on any atom is -0.468 e. The molecule has 4 rings (SSSR count). The Balaban J connectivity index is 1.87. The maximum absolute atomic E-state index is 9.27. The zero-order valence-electron chi connectivity index (χ0n) is 13.1. The second-order valence-corrected chi connectivity index (χ2v) is 5.60. The molecule has 0 saturated carbocycles. The summed E-state index contributed by atoms with van der Waals surface area (Å²) in [5.41, 5.74) is 4.59. The van der Waals surface area contributed by atoms with Gasteiger partial charge in [0, 0.05) is 22.4 Å². The predicted molar refractivity (Wildman–Crippen MR) is 99.9 cm³/mol. The highest BCUT2D eigenvalue weighted by Crippen LogP contribution is 2.35. The van der Waals surface area contributed by atoms with Crippen LogP contribution in [0.1, 0.15) is 0 Å². The van der Waals surface area contributed by atoms with Gasteiger partial charge in [0.1, 0.15) is 5.58 Å². The van der Waals surface area contributed by atoms with Gasteiger partial charge in [0.15, 0.2) is 0 Å². The molecule has 3 aromatic carbocycles. The summed E-state index contributed by atoms with van der Waals surface area (Å²) in [6, 6.07) is 28.5. The fourth-order valence-electron chi connectivity index (χ4n) is 2.90. The molecule has 1 N–H and O–H groups in total. The molecule has 0 aliphatic carbocycles. The molecule has 0 fully saturated rings. The van der Waals surface area contributed by atoms with E-state index in [4.69, 9.17) is 4.42 Å². The molecule has 0 amide bonds. The van der Waals surface area contributed by atoms with Crippen molar-refractivity contribution in [3.05, 3.63) is 84.9 Å². The number of furan rings is 1. The lowest BCUT2D eigenvalue weighted by Gasteiger charge is -2.25. The number of nitrogens with zero attached hydrogens (tertiary/aromatic N) is 1. The number of para-hydroxylation sites is 2. The molecule has 0 radical (unpaired) electrons. The Bertz CT molecular complexity index is 912. The van der Waals surface area contributed by atoms with Crippen LogP contribution in [0.3, 0.4) is 0 Å². The first kappa shape index (κ1) is 14.6. The van der Waals surface area contributed by atoms with Gasteiger partial charge in [-0.25, -0.2) is 0 Å². The van der Waals surface area contributed by atoms with Crippen LogP contribution in [0.2, 0.25) is 0 Å². The van der Waals surface area contributed by atoms with Gasteiger partial charge in [-0.05, 0) is 48.5 Å². The SMILES string of the molecule is OBc1cc2cc(N(c3ccccc3)c3ccccc3)ccc2o1. The van der Waals surface area contributed by atoms with Crippen LogP contribution in [0.5, 0.6) is 0 Å². The molecule has 4 heteroatoms. The summed E-state index contributed by atoms with van der Waals surface area (Å²) in [5, 5.41) is 10.2. The molecule has 116 valence electrons. The molecule has 0 unspecified atom stereocenters. The topological polar surface area (TPSA) is 36.6 Å². The molecule has 1 heterocycles. The van der Waals surface area contributed by atoms with Gasteiger partial charge in [0.05, 0.1) is 5.66 Å². The Morgan fingerprint density at radius 3 is 1.92 bits per heavy atom. The predicted octanol–water partition coefficient (Wildman–Crippen LogP) is 3.87. The van der Waals surface area contributed by atoms with Crippen molar-refractivity contribution in [2.24, 2.45) is 0 Å². The molecule has 0 aliphatic heterocycles. The van der Waals surface area contributed by atoms with E-state index >= 15 is 0 Å². The maximum Gasteiger partial charge on any atom is 0.347 e. The van der Waals surface area contributed by atoms with Gasteiger partial charge in [0.25, 0.3) is 0 Å². The molecule has 4 aromatic rings. The Labute approximate surface area is 141 Å². The number of benzene rings is 3. The normalized spacial score (nSPS) is 10.7. The van der Waals surface area contributed by atoms with Crippen LogP contribution in [-0.4, -0.2) is 12.5 Å². The van der Waals surface area contributed by atoms with E-state index in [1.54, 1.807) is 0 Å². The average Bonchev–Trinajstić information content (AvgIpc) is 3.06. The molecule has 0 bridgehead atoms. The van der Waals surface area contributed by atoms with Crippen LogP contribution in [-0.2, 0) is 0 Å². The van der Waals surface area contributed by atoms with Crippen molar-refractivity contribution in [3.63, 3.8) is 0 Å². The van der Waals surface area contributed by atoms with Crippen LogP contribution in [0.4, 0.5) is 17.1 Å². The molecule has 3 nitrogen and oxygen atoms in total. The molecule has 24 heavy (non-hydrogen) atoms. The van der Waals surface area contributed by atoms with Crippen molar-refractivity contribution < 1.29 is 9.44 Å². The smallest absolute Gasteiger partial charge is 0.347 e. The van der Waals surface area contributed by atoms with E-state index in [1.165, 1.54) is 0 Å². The van der Waals surface area contributed by atoms with Crippen molar-refractivity contribution in [1.82, 2.24) is 0 Å². The molecular weight excluding hydrogens is 297 g/mol. The highest BCUT2D eigenvalue weighted by molar-refractivity contribution is 6.44. The van der Waals surface area contributed by atoms with Crippen molar-refractivity contribution in [2.75, 3.05) is 4.90 Å². The molecule has 0 aliphatic rings. The highest BCUT2D eigenvalue weighted by Gasteiger charge is 2.13. The molecule has 0 spiro atoms. The summed E-state index contributed by atoms with van der Waals surface area (Å²) in [6.07, 6.45) is 0. The Hall–Kier alpha value is -2.98. The third kappa shape index (κ3) is 2.68. The van der Waals surface area contributed by atoms with Crippen molar-refractivity contribution in [3.8, 4) is 0 Å². The first-order valence-corrected chi connectivity index (χ1v) is 7.89. The second-order valence-electron chi connectivity index (χ2n) is 5.60. The van der Waals surface area contributed by atoms with Gasteiger partial charge >= 0.3 is 7.48 Å². The van der Waals surface area contributed by atoms with E-state index in [2.05, 4.69) is 35.2 Å². The van der Waals surface area contributed by atoms with Crippen LogP contribution < -0.4 is 10.6 Å². The monoisotopic (exact) mass is 313 g/mol. The van der Waals surface area contributed by atoms with Crippen molar-refractivity contribution >= 4 is 41.2 Å². The lowest BCUT2D eigenvalue weighted by atomic mass is 9.98. The number of hydrogen-bond donors (Lipinski definition) is 1. The van der Waals surface area contributed by atoms with Crippen molar-refractivity contribution in [2.45, 2.75) is 0 Å². The first-order valence-electron chi connectivity index (χ1n) is 7.89. The third-order valence-electron chi connectivity index (χ3n) is 3.99. The van der Waals surface area contributed by atoms with Gasteiger partial charge in [-0.3, -0.25) is 0 Å². The zero-order valence-corrected chi connectivity index (χ0v) is 13.1. The summed E-state index contributed by atoms with van der Waals surface area (Å²) in [6.45, 7) is 0. The summed E-state index contributed by atoms with van der Waals surface area (Å²) in [5.74, 6) is 0. The fraction of sp³-hybridized carbons (Fsp3) is 0. The van der Waals surface area contributed by atoms with Gasteiger partial charge in [0.2, 0.25) is 0 Å². The number of rotatable bonds is 4. The lowest BCUT2D eigenvalue weighted by molar-refractivity contribution is 0.584. The van der Waals surface area contributed by atoms with E-state index in [-0.39, 0.29) is 7.48 Å². The van der Waals surface area contributed by atoms with E-state index < -0.39 is 0 Å². The third-order valence-corrected chi connectivity index (χ3v) is 3.99. The lowest BCUT2D eigenvalue weighted by Crippen LogP contribution is -2.09. The Kier molecular flexibility index (Phi) is 3.81. The largest absolute Gasteiger partial charge is 0.468 e. The minimum absolute atomic E-state index is 0.0922. The quantitative estimate of drug-likeness (QED) is 0.581. The Morgan fingerprint density at radius 2 is 1.33 bits per heavy atom. The summed E-state index contributed by atoms with van der Waals surface area (Å²) in [4.78, 5) is 2.20. The molecule has 1 aromatic heterocycles. The number of hydrogen-bond acceptors (Lipinski definition) is 3. The van der Waals surface area contributed by atoms with E-state index in [0.29, 0.717) is 5.66 Å². The van der Waals surface area contributed by atoms with Gasteiger partial charge in [-0.2, -0.15) is 0 Å². The van der Waals surface area contributed by atoms with Gasteiger partial charge in [-0.15, -0.1) is 0 Å². The first-order chi connectivity index (χ1) is 11.8. The van der Waals surface area contributed by atoms with E-state index in [9.17, 15) is 5.02 Å². The molecule has 0 saturated heterocycles. The van der Waals surface area contributed by atoms with Gasteiger partial charge in [-0.1, -0.05) is 36.4 Å². The van der Waals surface area contributed by atoms with Crippen LogP contribution in [0.15, 0.2) is 89.3 Å². The van der Waals surface area contributed by atoms with Crippen molar-refractivity contribution in [1.29, 1.82) is 0 Å². The van der Waals surface area contributed by atoms with E-state index in [1.807, 2.05) is 54.6 Å². The molecular formula is C20H16BNO2. The maximum atomic E-state index is 9.27. The summed E-state index contributed by atoms with van der Waals surface area (Å²) < 4.78 is 5.59. The average molecular weight is 313 g/mol. The van der Waals surface area contributed by atoms with Crippen LogP contribution >= 0.6 is 0 Å². The molecule has 0 atom stereocenters. The van der Waals surface area contributed by atoms with Crippen LogP contribution in [0.25, 0.3) is 11.0 Å². The fourth-order valence-corrected chi connectivity index (χ4v) is 2.90. The van der Waals surface area contributed by atoms with E-state index in [0.717, 1.165) is 28.0 Å². The minimum atomic E-state index is -0.0922. The Morgan fingerprint density at radius 1 is 0.708 bits per heavy atom. The van der Waals surface area contributed by atoms with Gasteiger partial charge < -0.3 is 14.3 Å². The summed E-state index contributed by atoms with van der Waals surface area (Å²) in [7, 11) is -0.0922. The number of fused-ring (bicyclic) bond motifs is 1. The second kappa shape index (κ2) is 6.26. The highest BCUT2D eigenvalue weighted by atomic mass is 16.3. The number of anilines is 3.